The molecule has 6 nitrogen and oxygen atoms in total. The van der Waals surface area contributed by atoms with Crippen molar-refractivity contribution in [1.29, 1.82) is 0 Å². The number of carbonyl (C=O) groups is 2. The summed E-state index contributed by atoms with van der Waals surface area (Å²) in [7, 11) is 0. The van der Waals surface area contributed by atoms with Gasteiger partial charge in [0.15, 0.2) is 5.16 Å². The first kappa shape index (κ1) is 19.8. The molecule has 1 aliphatic carbocycles. The zero-order valence-corrected chi connectivity index (χ0v) is 17.4. The zero-order valence-electron chi connectivity index (χ0n) is 15.8. The number of amides is 2. The summed E-state index contributed by atoms with van der Waals surface area (Å²) in [5.41, 5.74) is 8.88. The van der Waals surface area contributed by atoms with E-state index in [1.807, 2.05) is 26.8 Å². The predicted molar refractivity (Wildman–Crippen MR) is 110 cm³/mol. The Hall–Kier alpha value is -1.93. The van der Waals surface area contributed by atoms with Gasteiger partial charge in [0.05, 0.1) is 10.8 Å². The number of rotatable bonds is 6. The van der Waals surface area contributed by atoms with Crippen LogP contribution < -0.4 is 11.1 Å². The minimum absolute atomic E-state index is 0.147. The maximum atomic E-state index is 12.9. The molecule has 0 saturated heterocycles. The third kappa shape index (κ3) is 4.50. The molecule has 0 fully saturated rings. The Labute approximate surface area is 167 Å². The average molecular weight is 405 g/mol. The number of thiophene rings is 1. The molecule has 3 rings (SSSR count). The van der Waals surface area contributed by atoms with Gasteiger partial charge in [-0.2, -0.15) is 0 Å². The molecule has 0 unspecified atom stereocenters. The van der Waals surface area contributed by atoms with Crippen molar-refractivity contribution in [2.24, 2.45) is 5.73 Å². The van der Waals surface area contributed by atoms with Crippen molar-refractivity contribution >= 4 is 39.9 Å². The highest BCUT2D eigenvalue weighted by molar-refractivity contribution is 8.00. The molecule has 0 aliphatic heterocycles. The number of nitrogens with two attached hydrogens (primary N) is 1. The van der Waals surface area contributed by atoms with Crippen LogP contribution in [0.5, 0.6) is 0 Å². The predicted octanol–water partition coefficient (Wildman–Crippen LogP) is 3.64. The van der Waals surface area contributed by atoms with Crippen molar-refractivity contribution < 1.29 is 9.59 Å². The van der Waals surface area contributed by atoms with E-state index in [1.165, 1.54) is 28.0 Å². The van der Waals surface area contributed by atoms with Crippen molar-refractivity contribution in [3.8, 4) is 0 Å². The van der Waals surface area contributed by atoms with E-state index in [4.69, 9.17) is 5.73 Å². The first-order chi connectivity index (χ1) is 12.9. The number of hydrogen-bond donors (Lipinski definition) is 2. The summed E-state index contributed by atoms with van der Waals surface area (Å²) in [4.78, 5) is 34.9. The monoisotopic (exact) mass is 404 g/mol. The van der Waals surface area contributed by atoms with Gasteiger partial charge in [-0.25, -0.2) is 9.97 Å². The Morgan fingerprint density at radius 3 is 2.56 bits per heavy atom. The first-order valence-electron chi connectivity index (χ1n) is 9.13. The third-order valence-corrected chi connectivity index (χ3v) is 6.96. The molecule has 0 aromatic carbocycles. The number of thioether (sulfide) groups is 1. The maximum Gasteiger partial charge on any atom is 0.251 e. The van der Waals surface area contributed by atoms with Crippen molar-refractivity contribution in [2.75, 3.05) is 5.32 Å². The number of aromatic nitrogens is 2. The largest absolute Gasteiger partial charge is 0.365 e. The number of anilines is 1. The molecule has 2 aromatic heterocycles. The fourth-order valence-corrected chi connectivity index (χ4v) is 5.58. The molecular formula is C19H24N4O2S2. The van der Waals surface area contributed by atoms with E-state index in [0.29, 0.717) is 22.1 Å². The Balaban J connectivity index is 1.81. The quantitative estimate of drug-likeness (QED) is 0.566. The topological polar surface area (TPSA) is 98.0 Å². The number of aryl methyl sites for hydroxylation is 3. The molecule has 27 heavy (non-hydrogen) atoms. The minimum Gasteiger partial charge on any atom is -0.365 e. The number of primary amides is 1. The van der Waals surface area contributed by atoms with E-state index in [-0.39, 0.29) is 11.2 Å². The number of hydrogen-bond acceptors (Lipinski definition) is 6. The Morgan fingerprint density at radius 2 is 1.93 bits per heavy atom. The molecule has 0 saturated carbocycles. The molecule has 0 spiro atoms. The number of nitrogens with zero attached hydrogens (tertiary/aromatic N) is 2. The van der Waals surface area contributed by atoms with Crippen LogP contribution in [0.2, 0.25) is 0 Å². The number of fused-ring (bicyclic) bond motifs is 1. The lowest BCUT2D eigenvalue weighted by Crippen LogP contribution is -2.26. The molecular weight excluding hydrogens is 380 g/mol. The van der Waals surface area contributed by atoms with Crippen LogP contribution in [-0.2, 0) is 17.6 Å². The standard InChI is InChI=1S/C19H24N4O2S2/c1-4-13(27-19-21-10(2)9-11(3)22-19)17(25)23-18-15(16(20)24)12-7-5-6-8-14(12)26-18/h9,13H,4-8H2,1-3H3,(H2,20,24)(H,23,25)/t13-/m1/s1. The Morgan fingerprint density at radius 1 is 1.26 bits per heavy atom. The summed E-state index contributed by atoms with van der Waals surface area (Å²) >= 11 is 2.83. The highest BCUT2D eigenvalue weighted by Crippen LogP contribution is 2.38. The van der Waals surface area contributed by atoms with Gasteiger partial charge in [0.1, 0.15) is 5.00 Å². The minimum atomic E-state index is -0.469. The van der Waals surface area contributed by atoms with Crippen molar-refractivity contribution in [1.82, 2.24) is 9.97 Å². The summed E-state index contributed by atoms with van der Waals surface area (Å²) in [5, 5.41) is 3.79. The lowest BCUT2D eigenvalue weighted by atomic mass is 9.95. The van der Waals surface area contributed by atoms with Crippen molar-refractivity contribution in [3.05, 3.63) is 33.5 Å². The van der Waals surface area contributed by atoms with Gasteiger partial charge in [-0.15, -0.1) is 11.3 Å². The van der Waals surface area contributed by atoms with Gasteiger partial charge >= 0.3 is 0 Å². The summed E-state index contributed by atoms with van der Waals surface area (Å²) in [6.07, 6.45) is 4.58. The Kier molecular flexibility index (Phi) is 6.16. The summed E-state index contributed by atoms with van der Waals surface area (Å²) in [5.74, 6) is -0.616. The third-order valence-electron chi connectivity index (χ3n) is 4.53. The molecule has 2 amide bonds. The molecule has 1 aliphatic rings. The van der Waals surface area contributed by atoms with E-state index in [9.17, 15) is 9.59 Å². The van der Waals surface area contributed by atoms with Crippen LogP contribution in [0.25, 0.3) is 0 Å². The molecule has 0 bridgehead atoms. The molecule has 144 valence electrons. The SMILES string of the molecule is CC[C@@H](Sc1nc(C)cc(C)n1)C(=O)Nc1sc2c(c1C(N)=O)CCCC2. The second-order valence-electron chi connectivity index (χ2n) is 6.72. The average Bonchev–Trinajstić information content (AvgIpc) is 2.96. The first-order valence-corrected chi connectivity index (χ1v) is 10.8. The van der Waals surface area contributed by atoms with E-state index in [0.717, 1.165) is 42.6 Å². The molecule has 3 N–H and O–H groups in total. The van der Waals surface area contributed by atoms with Gasteiger partial charge in [0, 0.05) is 16.3 Å². The smallest absolute Gasteiger partial charge is 0.251 e. The van der Waals surface area contributed by atoms with Crippen LogP contribution in [-0.4, -0.2) is 27.0 Å². The van der Waals surface area contributed by atoms with Gasteiger partial charge in [0.25, 0.3) is 5.91 Å². The van der Waals surface area contributed by atoms with Gasteiger partial charge in [-0.3, -0.25) is 9.59 Å². The van der Waals surface area contributed by atoms with E-state index >= 15 is 0 Å². The molecule has 2 heterocycles. The fourth-order valence-electron chi connectivity index (χ4n) is 3.30. The highest BCUT2D eigenvalue weighted by Gasteiger charge is 2.27. The highest BCUT2D eigenvalue weighted by atomic mass is 32.2. The molecule has 1 atom stereocenters. The van der Waals surface area contributed by atoms with Gasteiger partial charge in [-0.1, -0.05) is 18.7 Å². The second kappa shape index (κ2) is 8.39. The van der Waals surface area contributed by atoms with Crippen LogP contribution in [0.3, 0.4) is 0 Å². The number of nitrogens with one attached hydrogen (secondary N) is 1. The lowest BCUT2D eigenvalue weighted by molar-refractivity contribution is -0.115. The van der Waals surface area contributed by atoms with Crippen LogP contribution in [0.15, 0.2) is 11.2 Å². The van der Waals surface area contributed by atoms with E-state index < -0.39 is 5.91 Å². The second-order valence-corrected chi connectivity index (χ2v) is 8.99. The van der Waals surface area contributed by atoms with Gasteiger partial charge < -0.3 is 11.1 Å². The summed E-state index contributed by atoms with van der Waals surface area (Å²) in [6.45, 7) is 5.78. The van der Waals surface area contributed by atoms with Crippen LogP contribution in [0, 0.1) is 13.8 Å². The Bertz CT molecular complexity index is 859. The summed E-state index contributed by atoms with van der Waals surface area (Å²) < 4.78 is 0. The number of carbonyl (C=O) groups excluding carboxylic acids is 2. The normalized spacial score (nSPS) is 14.5. The maximum absolute atomic E-state index is 12.9. The lowest BCUT2D eigenvalue weighted by Gasteiger charge is -2.14. The molecule has 2 aromatic rings. The van der Waals surface area contributed by atoms with Gasteiger partial charge in [-0.05, 0) is 57.6 Å². The van der Waals surface area contributed by atoms with Crippen molar-refractivity contribution in [3.63, 3.8) is 0 Å². The van der Waals surface area contributed by atoms with Crippen LogP contribution in [0.1, 0.15) is 58.4 Å². The zero-order chi connectivity index (χ0) is 19.6. The van der Waals surface area contributed by atoms with Crippen LogP contribution in [0.4, 0.5) is 5.00 Å². The fraction of sp³-hybridized carbons (Fsp3) is 0.474. The molecule has 0 radical (unpaired) electrons. The van der Waals surface area contributed by atoms with E-state index in [2.05, 4.69) is 15.3 Å². The summed E-state index contributed by atoms with van der Waals surface area (Å²) in [6, 6.07) is 1.90. The van der Waals surface area contributed by atoms with Crippen LogP contribution >= 0.6 is 23.1 Å². The molecule has 8 heteroatoms. The van der Waals surface area contributed by atoms with Gasteiger partial charge in [0.2, 0.25) is 5.91 Å². The van der Waals surface area contributed by atoms with E-state index in [1.54, 1.807) is 0 Å². The van der Waals surface area contributed by atoms with Crippen molar-refractivity contribution in [2.45, 2.75) is 63.3 Å².